The molecule has 1 heterocycles. The van der Waals surface area contributed by atoms with Crippen molar-refractivity contribution in [2.45, 2.75) is 20.4 Å². The third kappa shape index (κ3) is 2.86. The summed E-state index contributed by atoms with van der Waals surface area (Å²) in [7, 11) is 0. The van der Waals surface area contributed by atoms with Crippen LogP contribution in [0.1, 0.15) is 29.8 Å². The molecule has 1 aromatic rings. The molecule has 0 atom stereocenters. The minimum atomic E-state index is -0.851. The first-order valence-corrected chi connectivity index (χ1v) is 6.11. The Morgan fingerprint density at radius 3 is 2.76 bits per heavy atom. The van der Waals surface area contributed by atoms with Gasteiger partial charge in [-0.3, -0.25) is 4.90 Å². The summed E-state index contributed by atoms with van der Waals surface area (Å²) in [6.45, 7) is 7.65. The van der Waals surface area contributed by atoms with Crippen LogP contribution >= 0.6 is 0 Å². The molecule has 1 aliphatic rings. The molecule has 0 unspecified atom stereocenters. The number of hydrogen-bond acceptors (Lipinski definition) is 2. The van der Waals surface area contributed by atoms with Gasteiger partial charge in [0.05, 0.1) is 5.56 Å². The Morgan fingerprint density at radius 1 is 1.47 bits per heavy atom. The molecular formula is C14H19NO2. The van der Waals surface area contributed by atoms with E-state index in [1.165, 1.54) is 0 Å². The lowest BCUT2D eigenvalue weighted by molar-refractivity contribution is 0.0612. The van der Waals surface area contributed by atoms with Crippen LogP contribution in [0.15, 0.2) is 24.3 Å². The van der Waals surface area contributed by atoms with Crippen molar-refractivity contribution in [3.8, 4) is 0 Å². The fraction of sp³-hybridized carbons (Fsp3) is 0.500. The second kappa shape index (κ2) is 4.88. The second-order valence-electron chi connectivity index (χ2n) is 5.20. The molecule has 0 bridgehead atoms. The van der Waals surface area contributed by atoms with Crippen LogP contribution in [0.25, 0.3) is 0 Å². The first-order chi connectivity index (χ1) is 8.06. The lowest BCUT2D eigenvalue weighted by atomic mass is 9.88. The molecule has 3 nitrogen and oxygen atoms in total. The van der Waals surface area contributed by atoms with Crippen LogP contribution in [-0.2, 0) is 6.54 Å². The molecule has 0 amide bonds. The molecule has 1 N–H and O–H groups in total. The summed E-state index contributed by atoms with van der Waals surface area (Å²) in [5.41, 5.74) is 1.47. The van der Waals surface area contributed by atoms with Gasteiger partial charge in [-0.25, -0.2) is 4.79 Å². The van der Waals surface area contributed by atoms with Gasteiger partial charge in [0.2, 0.25) is 0 Å². The maximum absolute atomic E-state index is 10.9. The Bertz CT molecular complexity index is 408. The summed E-state index contributed by atoms with van der Waals surface area (Å²) >= 11 is 0. The minimum Gasteiger partial charge on any atom is -0.478 e. The molecule has 92 valence electrons. The van der Waals surface area contributed by atoms with Crippen LogP contribution in [-0.4, -0.2) is 29.1 Å². The molecule has 17 heavy (non-hydrogen) atoms. The van der Waals surface area contributed by atoms with Gasteiger partial charge in [0.25, 0.3) is 0 Å². The van der Waals surface area contributed by atoms with E-state index in [0.29, 0.717) is 5.56 Å². The normalized spacial score (nSPS) is 17.1. The van der Waals surface area contributed by atoms with Gasteiger partial charge >= 0.3 is 5.97 Å². The topological polar surface area (TPSA) is 40.5 Å². The van der Waals surface area contributed by atoms with Crippen LogP contribution in [0.3, 0.4) is 0 Å². The molecule has 1 aromatic carbocycles. The first-order valence-electron chi connectivity index (χ1n) is 6.11. The van der Waals surface area contributed by atoms with Gasteiger partial charge in [-0.15, -0.1) is 0 Å². The minimum absolute atomic E-state index is 0.378. The molecule has 2 rings (SSSR count). The molecule has 1 fully saturated rings. The van der Waals surface area contributed by atoms with Crippen molar-refractivity contribution < 1.29 is 9.90 Å². The van der Waals surface area contributed by atoms with Crippen molar-refractivity contribution in [1.82, 2.24) is 4.90 Å². The van der Waals surface area contributed by atoms with Crippen LogP contribution < -0.4 is 0 Å². The average Bonchev–Trinajstić information content (AvgIpc) is 2.22. The quantitative estimate of drug-likeness (QED) is 0.868. The van der Waals surface area contributed by atoms with Crippen molar-refractivity contribution >= 4 is 5.97 Å². The van der Waals surface area contributed by atoms with Gasteiger partial charge in [-0.2, -0.15) is 0 Å². The van der Waals surface area contributed by atoms with E-state index in [0.717, 1.165) is 37.0 Å². The number of carboxylic acid groups (broad SMARTS) is 1. The highest BCUT2D eigenvalue weighted by Gasteiger charge is 2.28. The molecule has 1 saturated heterocycles. The summed E-state index contributed by atoms with van der Waals surface area (Å²) in [6.07, 6.45) is 0. The van der Waals surface area contributed by atoms with Crippen molar-refractivity contribution in [2.24, 2.45) is 11.8 Å². The fourth-order valence-corrected chi connectivity index (χ4v) is 2.22. The lowest BCUT2D eigenvalue weighted by Crippen LogP contribution is -2.48. The van der Waals surface area contributed by atoms with Gasteiger partial charge in [-0.1, -0.05) is 26.0 Å². The number of likely N-dealkylation sites (tertiary alicyclic amines) is 1. The molecule has 0 radical (unpaired) electrons. The van der Waals surface area contributed by atoms with Crippen molar-refractivity contribution in [3.05, 3.63) is 35.4 Å². The number of aromatic carboxylic acids is 1. The number of nitrogens with zero attached hydrogens (tertiary/aromatic N) is 1. The van der Waals surface area contributed by atoms with Gasteiger partial charge in [0, 0.05) is 19.6 Å². The Kier molecular flexibility index (Phi) is 3.48. The largest absolute Gasteiger partial charge is 0.478 e. The monoisotopic (exact) mass is 233 g/mol. The Morgan fingerprint density at radius 2 is 2.18 bits per heavy atom. The van der Waals surface area contributed by atoms with Crippen molar-refractivity contribution in [3.63, 3.8) is 0 Å². The third-order valence-corrected chi connectivity index (χ3v) is 3.51. The molecule has 0 aliphatic carbocycles. The number of carbonyl (C=O) groups is 1. The van der Waals surface area contributed by atoms with Crippen molar-refractivity contribution in [2.75, 3.05) is 13.1 Å². The van der Waals surface area contributed by atoms with E-state index in [4.69, 9.17) is 5.11 Å². The third-order valence-electron chi connectivity index (χ3n) is 3.51. The molecule has 0 saturated carbocycles. The van der Waals surface area contributed by atoms with E-state index in [1.54, 1.807) is 12.1 Å². The Balaban J connectivity index is 1.92. The number of hydrogen-bond donors (Lipinski definition) is 1. The molecule has 1 aliphatic heterocycles. The van der Waals surface area contributed by atoms with Crippen LogP contribution in [0.5, 0.6) is 0 Å². The molecule has 0 aromatic heterocycles. The van der Waals surface area contributed by atoms with Crippen LogP contribution in [0, 0.1) is 11.8 Å². The predicted octanol–water partition coefficient (Wildman–Crippen LogP) is 2.47. The van der Waals surface area contributed by atoms with E-state index in [9.17, 15) is 4.79 Å². The van der Waals surface area contributed by atoms with E-state index in [1.807, 2.05) is 12.1 Å². The zero-order valence-electron chi connectivity index (χ0n) is 10.4. The second-order valence-corrected chi connectivity index (χ2v) is 5.20. The van der Waals surface area contributed by atoms with Crippen molar-refractivity contribution in [1.29, 1.82) is 0 Å². The number of carboxylic acids is 1. The summed E-state index contributed by atoms with van der Waals surface area (Å²) in [5.74, 6) is 0.699. The van der Waals surface area contributed by atoms with Crippen LogP contribution in [0.2, 0.25) is 0 Å². The molecular weight excluding hydrogens is 214 g/mol. The van der Waals surface area contributed by atoms with Gasteiger partial charge in [0.1, 0.15) is 0 Å². The van der Waals surface area contributed by atoms with Gasteiger partial charge in [0.15, 0.2) is 0 Å². The number of benzene rings is 1. The van der Waals surface area contributed by atoms with Gasteiger partial charge in [-0.05, 0) is 29.5 Å². The fourth-order valence-electron chi connectivity index (χ4n) is 2.22. The SMILES string of the molecule is CC(C)C1CN(Cc2cccc(C(=O)O)c2)C1. The maximum atomic E-state index is 10.9. The predicted molar refractivity (Wildman–Crippen MR) is 67.0 cm³/mol. The standard InChI is InChI=1S/C14H19NO2/c1-10(2)13-8-15(9-13)7-11-4-3-5-12(6-11)14(16)17/h3-6,10,13H,7-9H2,1-2H3,(H,16,17). The van der Waals surface area contributed by atoms with Gasteiger partial charge < -0.3 is 5.11 Å². The highest BCUT2D eigenvalue weighted by atomic mass is 16.4. The average molecular weight is 233 g/mol. The zero-order valence-corrected chi connectivity index (χ0v) is 10.4. The highest BCUT2D eigenvalue weighted by Crippen LogP contribution is 2.25. The summed E-state index contributed by atoms with van der Waals surface area (Å²) in [4.78, 5) is 13.2. The zero-order chi connectivity index (χ0) is 12.4. The first kappa shape index (κ1) is 12.1. The highest BCUT2D eigenvalue weighted by molar-refractivity contribution is 5.87. The molecule has 0 spiro atoms. The summed E-state index contributed by atoms with van der Waals surface area (Å²) < 4.78 is 0. The van der Waals surface area contributed by atoms with E-state index >= 15 is 0 Å². The maximum Gasteiger partial charge on any atom is 0.335 e. The Hall–Kier alpha value is -1.35. The Labute approximate surface area is 102 Å². The summed E-state index contributed by atoms with van der Waals surface area (Å²) in [6, 6.07) is 7.22. The summed E-state index contributed by atoms with van der Waals surface area (Å²) in [5, 5.41) is 8.92. The van der Waals surface area contributed by atoms with E-state index in [-0.39, 0.29) is 0 Å². The van der Waals surface area contributed by atoms with Crippen LogP contribution in [0.4, 0.5) is 0 Å². The smallest absolute Gasteiger partial charge is 0.335 e. The lowest BCUT2D eigenvalue weighted by Gasteiger charge is -2.41. The van der Waals surface area contributed by atoms with E-state index < -0.39 is 5.97 Å². The van der Waals surface area contributed by atoms with E-state index in [2.05, 4.69) is 18.7 Å². The number of rotatable bonds is 4. The molecule has 3 heteroatoms.